The van der Waals surface area contributed by atoms with E-state index < -0.39 is 8.56 Å². The molecule has 4 rings (SSSR count). The van der Waals surface area contributed by atoms with Gasteiger partial charge in [0.15, 0.2) is 0 Å². The van der Waals surface area contributed by atoms with E-state index in [0.29, 0.717) is 0 Å². The van der Waals surface area contributed by atoms with Crippen LogP contribution in [0.15, 0.2) is 103 Å². The summed E-state index contributed by atoms with van der Waals surface area (Å²) in [5.41, 5.74) is 5.07. The van der Waals surface area contributed by atoms with Crippen molar-refractivity contribution in [1.29, 1.82) is 0 Å². The van der Waals surface area contributed by atoms with Gasteiger partial charge in [-0.05, 0) is 54.6 Å². The van der Waals surface area contributed by atoms with Crippen LogP contribution >= 0.6 is 0 Å². The molecule has 0 spiro atoms. The molecule has 34 heavy (non-hydrogen) atoms. The highest BCUT2D eigenvalue weighted by atomic mass is 28.4. The SMILES string of the molecule is C#Cc1cccc(N[Si](Nc2cccc(C#C)c2)(Nc2cccc(C#C)c2)c2ccccc2)c1. The molecule has 0 aromatic heterocycles. The van der Waals surface area contributed by atoms with Crippen LogP contribution in [0.5, 0.6) is 0 Å². The molecule has 0 aliphatic rings. The Labute approximate surface area is 202 Å². The zero-order valence-electron chi connectivity index (χ0n) is 18.5. The summed E-state index contributed by atoms with van der Waals surface area (Å²) >= 11 is 0. The summed E-state index contributed by atoms with van der Waals surface area (Å²) < 4.78 is 0. The van der Waals surface area contributed by atoms with Gasteiger partial charge in [0.2, 0.25) is 0 Å². The zero-order valence-corrected chi connectivity index (χ0v) is 19.5. The van der Waals surface area contributed by atoms with Crippen molar-refractivity contribution >= 4 is 30.8 Å². The lowest BCUT2D eigenvalue weighted by Gasteiger charge is -2.36. The lowest BCUT2D eigenvalue weighted by molar-refractivity contribution is 1.49. The molecule has 0 fully saturated rings. The Kier molecular flexibility index (Phi) is 6.71. The molecule has 4 heteroatoms. The maximum atomic E-state index is 5.67. The van der Waals surface area contributed by atoms with Gasteiger partial charge in [0.1, 0.15) is 0 Å². The molecule has 0 saturated carbocycles. The van der Waals surface area contributed by atoms with E-state index in [-0.39, 0.29) is 0 Å². The van der Waals surface area contributed by atoms with Crippen LogP contribution in [0.3, 0.4) is 0 Å². The first-order valence-corrected chi connectivity index (χ1v) is 12.7. The topological polar surface area (TPSA) is 36.1 Å². The molecule has 0 radical (unpaired) electrons. The van der Waals surface area contributed by atoms with E-state index in [9.17, 15) is 0 Å². The van der Waals surface area contributed by atoms with Crippen LogP contribution in [0, 0.1) is 37.0 Å². The van der Waals surface area contributed by atoms with Crippen molar-refractivity contribution in [2.75, 3.05) is 14.9 Å². The van der Waals surface area contributed by atoms with Crippen molar-refractivity contribution in [3.05, 3.63) is 120 Å². The largest absolute Gasteiger partial charge is 0.406 e. The van der Waals surface area contributed by atoms with Gasteiger partial charge < -0.3 is 14.9 Å². The van der Waals surface area contributed by atoms with Gasteiger partial charge in [-0.1, -0.05) is 66.3 Å². The second kappa shape index (κ2) is 10.2. The lowest BCUT2D eigenvalue weighted by atomic mass is 10.2. The van der Waals surface area contributed by atoms with Crippen LogP contribution in [0.4, 0.5) is 17.1 Å². The fourth-order valence-electron chi connectivity index (χ4n) is 3.71. The monoisotopic (exact) mass is 453 g/mol. The van der Waals surface area contributed by atoms with Crippen LogP contribution in [0.2, 0.25) is 0 Å². The van der Waals surface area contributed by atoms with Crippen LogP contribution < -0.4 is 20.1 Å². The second-order valence-corrected chi connectivity index (χ2v) is 10.5. The Hall–Kier alpha value is -4.82. The summed E-state index contributed by atoms with van der Waals surface area (Å²) in [6, 6.07) is 33.7. The second-order valence-electron chi connectivity index (χ2n) is 7.67. The van der Waals surface area contributed by atoms with Crippen LogP contribution in [-0.2, 0) is 0 Å². The third-order valence-electron chi connectivity index (χ3n) is 5.29. The van der Waals surface area contributed by atoms with E-state index in [4.69, 9.17) is 19.3 Å². The molecule has 162 valence electrons. The fraction of sp³-hybridized carbons (Fsp3) is 0. The van der Waals surface area contributed by atoms with Crippen molar-refractivity contribution in [3.8, 4) is 37.0 Å². The van der Waals surface area contributed by atoms with Crippen LogP contribution in [-0.4, -0.2) is 8.56 Å². The van der Waals surface area contributed by atoms with Gasteiger partial charge in [-0.3, -0.25) is 0 Å². The van der Waals surface area contributed by atoms with E-state index in [1.165, 1.54) is 0 Å². The van der Waals surface area contributed by atoms with Crippen LogP contribution in [0.1, 0.15) is 16.7 Å². The minimum absolute atomic E-state index is 0.796. The summed E-state index contributed by atoms with van der Waals surface area (Å²) in [7, 11) is -2.96. The Balaban J connectivity index is 1.88. The molecule has 0 saturated heterocycles. The summed E-state index contributed by atoms with van der Waals surface area (Å²) in [5.74, 6) is 8.14. The maximum Gasteiger partial charge on any atom is 0.406 e. The molecule has 0 heterocycles. The number of rotatable bonds is 7. The quantitative estimate of drug-likeness (QED) is 0.269. The van der Waals surface area contributed by atoms with Gasteiger partial charge >= 0.3 is 8.56 Å². The summed E-state index contributed by atoms with van der Waals surface area (Å²) in [6.45, 7) is 0. The van der Waals surface area contributed by atoms with Gasteiger partial charge in [-0.15, -0.1) is 19.3 Å². The number of anilines is 3. The summed E-state index contributed by atoms with van der Waals surface area (Å²) in [4.78, 5) is 11.3. The Morgan fingerprint density at radius 3 is 1.21 bits per heavy atom. The molecular weight excluding hydrogens is 430 g/mol. The molecular formula is C30H23N3Si. The number of benzene rings is 4. The first kappa shape index (κ1) is 22.4. The smallest absolute Gasteiger partial charge is 0.374 e. The Morgan fingerprint density at radius 1 is 0.471 bits per heavy atom. The third kappa shape index (κ3) is 5.14. The van der Waals surface area contributed by atoms with Crippen molar-refractivity contribution in [1.82, 2.24) is 0 Å². The van der Waals surface area contributed by atoms with Crippen LogP contribution in [0.25, 0.3) is 0 Å². The molecule has 4 aromatic carbocycles. The van der Waals surface area contributed by atoms with E-state index in [2.05, 4.69) is 44.8 Å². The third-order valence-corrected chi connectivity index (χ3v) is 8.48. The highest BCUT2D eigenvalue weighted by molar-refractivity contribution is 6.99. The minimum atomic E-state index is -2.96. The van der Waals surface area contributed by atoms with Crippen molar-refractivity contribution in [3.63, 3.8) is 0 Å². The number of hydrogen-bond donors (Lipinski definition) is 3. The summed E-state index contributed by atoms with van der Waals surface area (Å²) in [5, 5.41) is 1.08. The zero-order chi connectivity index (χ0) is 23.8. The molecule has 0 bridgehead atoms. The minimum Gasteiger partial charge on any atom is -0.374 e. The highest BCUT2D eigenvalue weighted by Crippen LogP contribution is 2.22. The fourth-order valence-corrected chi connectivity index (χ4v) is 6.79. The highest BCUT2D eigenvalue weighted by Gasteiger charge is 2.39. The van der Waals surface area contributed by atoms with Gasteiger partial charge in [0, 0.05) is 38.9 Å². The Morgan fingerprint density at radius 2 is 0.853 bits per heavy atom. The molecule has 0 unspecified atom stereocenters. The van der Waals surface area contributed by atoms with Gasteiger partial charge in [0.05, 0.1) is 0 Å². The van der Waals surface area contributed by atoms with Crippen molar-refractivity contribution in [2.45, 2.75) is 0 Å². The number of hydrogen-bond acceptors (Lipinski definition) is 3. The summed E-state index contributed by atoms with van der Waals surface area (Å²) in [6.07, 6.45) is 17.0. The molecule has 3 N–H and O–H groups in total. The van der Waals surface area contributed by atoms with E-state index in [1.807, 2.05) is 91.0 Å². The first-order valence-electron chi connectivity index (χ1n) is 10.7. The molecule has 4 aromatic rings. The number of terminal acetylenes is 3. The standard InChI is InChI=1S/C30H23N3Si/c1-4-24-13-10-16-27(21-24)31-34(30-19-8-7-9-20-30,32-28-17-11-14-25(5-2)22-28)33-29-18-12-15-26(6-3)23-29/h1-3,7-23,31-33H. The maximum absolute atomic E-state index is 5.67. The molecule has 0 amide bonds. The normalized spacial score (nSPS) is 10.3. The molecule has 0 aliphatic heterocycles. The van der Waals surface area contributed by atoms with E-state index >= 15 is 0 Å². The molecule has 3 nitrogen and oxygen atoms in total. The number of nitrogens with one attached hydrogen (secondary N) is 3. The average molecular weight is 454 g/mol. The Bertz CT molecular complexity index is 1280. The van der Waals surface area contributed by atoms with Gasteiger partial charge in [-0.2, -0.15) is 0 Å². The average Bonchev–Trinajstić information content (AvgIpc) is 2.89. The van der Waals surface area contributed by atoms with E-state index in [1.54, 1.807) is 0 Å². The van der Waals surface area contributed by atoms with Crippen molar-refractivity contribution in [2.24, 2.45) is 0 Å². The predicted octanol–water partition coefficient (Wildman–Crippen LogP) is 5.11. The van der Waals surface area contributed by atoms with Gasteiger partial charge in [-0.25, -0.2) is 0 Å². The molecule has 0 atom stereocenters. The van der Waals surface area contributed by atoms with Gasteiger partial charge in [0.25, 0.3) is 0 Å². The first-order chi connectivity index (χ1) is 16.6. The van der Waals surface area contributed by atoms with E-state index in [0.717, 1.165) is 38.9 Å². The predicted molar refractivity (Wildman–Crippen MR) is 146 cm³/mol. The lowest BCUT2D eigenvalue weighted by Crippen LogP contribution is -2.68. The van der Waals surface area contributed by atoms with Crippen molar-refractivity contribution < 1.29 is 0 Å². The molecule has 0 aliphatic carbocycles.